The molecule has 1 atom stereocenters. The summed E-state index contributed by atoms with van der Waals surface area (Å²) < 4.78 is 0. The largest absolute Gasteiger partial charge is 0.481 e. The van der Waals surface area contributed by atoms with Gasteiger partial charge in [-0.15, -0.1) is 0 Å². The summed E-state index contributed by atoms with van der Waals surface area (Å²) in [4.78, 5) is 24.3. The number of amides is 1. The van der Waals surface area contributed by atoms with Crippen LogP contribution in [-0.4, -0.2) is 36.6 Å². The van der Waals surface area contributed by atoms with Crippen molar-refractivity contribution in [3.05, 3.63) is 29.8 Å². The molecule has 0 aromatic heterocycles. The Morgan fingerprint density at radius 3 is 2.90 bits per heavy atom. The van der Waals surface area contributed by atoms with Gasteiger partial charge in [0.25, 0.3) is 0 Å². The smallest absolute Gasteiger partial charge is 0.303 e. The lowest BCUT2D eigenvalue weighted by Crippen LogP contribution is -2.31. The molecule has 1 aliphatic rings. The third-order valence-corrected chi connectivity index (χ3v) is 3.81. The average Bonchev–Trinajstić information content (AvgIpc) is 2.92. The molecule has 0 radical (unpaired) electrons. The van der Waals surface area contributed by atoms with E-state index in [1.54, 1.807) is 0 Å². The zero-order valence-corrected chi connectivity index (χ0v) is 12.3. The van der Waals surface area contributed by atoms with Crippen LogP contribution >= 0.6 is 0 Å². The van der Waals surface area contributed by atoms with Crippen LogP contribution in [0.2, 0.25) is 0 Å². The van der Waals surface area contributed by atoms with E-state index in [1.165, 1.54) is 11.3 Å². The van der Waals surface area contributed by atoms with Gasteiger partial charge in [-0.1, -0.05) is 12.1 Å². The first kappa shape index (κ1) is 15.4. The van der Waals surface area contributed by atoms with Gasteiger partial charge < -0.3 is 15.3 Å². The summed E-state index contributed by atoms with van der Waals surface area (Å²) in [5.41, 5.74) is 2.48. The van der Waals surface area contributed by atoms with Crippen LogP contribution < -0.4 is 10.2 Å². The van der Waals surface area contributed by atoms with Crippen molar-refractivity contribution in [1.29, 1.82) is 0 Å². The molecule has 1 aromatic rings. The summed E-state index contributed by atoms with van der Waals surface area (Å²) in [7, 11) is 0. The topological polar surface area (TPSA) is 69.6 Å². The number of hydrogen-bond donors (Lipinski definition) is 2. The number of benzene rings is 1. The van der Waals surface area contributed by atoms with Crippen LogP contribution in [0.25, 0.3) is 0 Å². The zero-order valence-electron chi connectivity index (χ0n) is 12.3. The van der Waals surface area contributed by atoms with Gasteiger partial charge in [0.15, 0.2) is 0 Å². The number of aryl methyl sites for hydroxylation is 1. The van der Waals surface area contributed by atoms with E-state index in [9.17, 15) is 9.59 Å². The minimum absolute atomic E-state index is 0.0592. The Hall–Kier alpha value is -2.04. The number of aliphatic carboxylic acids is 1. The molecular weight excluding hydrogens is 268 g/mol. The van der Waals surface area contributed by atoms with Gasteiger partial charge in [0.2, 0.25) is 5.91 Å². The SMILES string of the molecule is Cc1cccc(N2CC[C@@H](CNC(=O)CCC(=O)O)C2)c1. The number of carboxylic acids is 1. The normalized spacial score (nSPS) is 17.8. The molecule has 5 nitrogen and oxygen atoms in total. The molecule has 2 rings (SSSR count). The van der Waals surface area contributed by atoms with Gasteiger partial charge in [0.1, 0.15) is 0 Å². The van der Waals surface area contributed by atoms with Gasteiger partial charge in [0, 0.05) is 31.7 Å². The summed E-state index contributed by atoms with van der Waals surface area (Å²) in [6.45, 7) is 4.64. The van der Waals surface area contributed by atoms with Crippen LogP contribution in [0.3, 0.4) is 0 Å². The van der Waals surface area contributed by atoms with Gasteiger partial charge in [-0.3, -0.25) is 9.59 Å². The number of carbonyl (C=O) groups excluding carboxylic acids is 1. The number of nitrogens with one attached hydrogen (secondary N) is 1. The maximum absolute atomic E-state index is 11.5. The maximum Gasteiger partial charge on any atom is 0.303 e. The molecule has 1 fully saturated rings. The molecule has 1 aromatic carbocycles. The van der Waals surface area contributed by atoms with Crippen LogP contribution in [0, 0.1) is 12.8 Å². The van der Waals surface area contributed by atoms with Gasteiger partial charge in [-0.25, -0.2) is 0 Å². The van der Waals surface area contributed by atoms with Gasteiger partial charge in [-0.05, 0) is 37.0 Å². The third kappa shape index (κ3) is 4.77. The number of carboxylic acid groups (broad SMARTS) is 1. The minimum atomic E-state index is -0.934. The molecule has 5 heteroatoms. The van der Waals surface area contributed by atoms with Gasteiger partial charge in [0.05, 0.1) is 6.42 Å². The first-order valence-electron chi connectivity index (χ1n) is 7.34. The number of carbonyl (C=O) groups is 2. The van der Waals surface area contributed by atoms with E-state index >= 15 is 0 Å². The van der Waals surface area contributed by atoms with Crippen molar-refractivity contribution in [1.82, 2.24) is 5.32 Å². The second kappa shape index (κ2) is 7.11. The van der Waals surface area contributed by atoms with Gasteiger partial charge in [-0.2, -0.15) is 0 Å². The number of anilines is 1. The van der Waals surface area contributed by atoms with E-state index < -0.39 is 5.97 Å². The fourth-order valence-electron chi connectivity index (χ4n) is 2.63. The van der Waals surface area contributed by atoms with E-state index in [2.05, 4.69) is 41.4 Å². The van der Waals surface area contributed by atoms with Crippen molar-refractivity contribution >= 4 is 17.6 Å². The lowest BCUT2D eigenvalue weighted by Gasteiger charge is -2.19. The fraction of sp³-hybridized carbons (Fsp3) is 0.500. The summed E-state index contributed by atoms with van der Waals surface area (Å²) in [6, 6.07) is 8.43. The lowest BCUT2D eigenvalue weighted by molar-refractivity contribution is -0.138. The Morgan fingerprint density at radius 1 is 1.38 bits per heavy atom. The highest BCUT2D eigenvalue weighted by Crippen LogP contribution is 2.24. The van der Waals surface area contributed by atoms with Crippen LogP contribution in [0.15, 0.2) is 24.3 Å². The Kier molecular flexibility index (Phi) is 5.20. The molecule has 1 heterocycles. The Balaban J connectivity index is 1.75. The van der Waals surface area contributed by atoms with E-state index in [0.717, 1.165) is 19.5 Å². The molecule has 1 amide bonds. The molecule has 21 heavy (non-hydrogen) atoms. The summed E-state index contributed by atoms with van der Waals surface area (Å²) >= 11 is 0. The summed E-state index contributed by atoms with van der Waals surface area (Å²) in [6.07, 6.45) is 1.00. The van der Waals surface area contributed by atoms with Crippen LogP contribution in [0.5, 0.6) is 0 Å². The van der Waals surface area contributed by atoms with Crippen molar-refractivity contribution in [3.8, 4) is 0 Å². The number of rotatable bonds is 6. The molecule has 0 aliphatic carbocycles. The number of nitrogens with zero attached hydrogens (tertiary/aromatic N) is 1. The first-order chi connectivity index (χ1) is 10.0. The second-order valence-corrected chi connectivity index (χ2v) is 5.64. The van der Waals surface area contributed by atoms with Crippen molar-refractivity contribution in [2.75, 3.05) is 24.5 Å². The van der Waals surface area contributed by atoms with Crippen LogP contribution in [0.4, 0.5) is 5.69 Å². The lowest BCUT2D eigenvalue weighted by atomic mass is 10.1. The Bertz CT molecular complexity index is 516. The second-order valence-electron chi connectivity index (χ2n) is 5.64. The molecule has 114 valence electrons. The molecule has 2 N–H and O–H groups in total. The van der Waals surface area contributed by atoms with E-state index in [-0.39, 0.29) is 18.7 Å². The van der Waals surface area contributed by atoms with Crippen molar-refractivity contribution in [2.24, 2.45) is 5.92 Å². The fourth-order valence-corrected chi connectivity index (χ4v) is 2.63. The molecule has 0 bridgehead atoms. The Morgan fingerprint density at radius 2 is 2.19 bits per heavy atom. The monoisotopic (exact) mass is 290 g/mol. The quantitative estimate of drug-likeness (QED) is 0.838. The van der Waals surface area contributed by atoms with Crippen molar-refractivity contribution < 1.29 is 14.7 Å². The van der Waals surface area contributed by atoms with E-state index in [4.69, 9.17) is 5.11 Å². The molecule has 0 spiro atoms. The van der Waals surface area contributed by atoms with Crippen LogP contribution in [0.1, 0.15) is 24.8 Å². The number of hydrogen-bond acceptors (Lipinski definition) is 3. The summed E-state index contributed by atoms with van der Waals surface area (Å²) in [5, 5.41) is 11.4. The van der Waals surface area contributed by atoms with Crippen molar-refractivity contribution in [3.63, 3.8) is 0 Å². The van der Waals surface area contributed by atoms with Gasteiger partial charge >= 0.3 is 5.97 Å². The molecular formula is C16H22N2O3. The predicted octanol–water partition coefficient (Wildman–Crippen LogP) is 1.80. The Labute approximate surface area is 125 Å². The highest BCUT2D eigenvalue weighted by molar-refractivity contribution is 5.80. The molecule has 1 aliphatic heterocycles. The molecule has 0 saturated carbocycles. The van der Waals surface area contributed by atoms with Crippen molar-refractivity contribution in [2.45, 2.75) is 26.2 Å². The zero-order chi connectivity index (χ0) is 15.2. The molecule has 0 unspecified atom stereocenters. The highest BCUT2D eigenvalue weighted by atomic mass is 16.4. The summed E-state index contributed by atoms with van der Waals surface area (Å²) in [5.74, 6) is -0.678. The highest BCUT2D eigenvalue weighted by Gasteiger charge is 2.23. The standard InChI is InChI=1S/C16H22N2O3/c1-12-3-2-4-14(9-12)18-8-7-13(11-18)10-17-15(19)5-6-16(20)21/h2-4,9,13H,5-8,10-11H2,1H3,(H,17,19)(H,20,21)/t13-/m0/s1. The first-order valence-corrected chi connectivity index (χ1v) is 7.34. The van der Waals surface area contributed by atoms with Crippen LogP contribution in [-0.2, 0) is 9.59 Å². The maximum atomic E-state index is 11.5. The third-order valence-electron chi connectivity index (χ3n) is 3.81. The van der Waals surface area contributed by atoms with E-state index in [1.807, 2.05) is 0 Å². The average molecular weight is 290 g/mol. The molecule has 1 saturated heterocycles. The predicted molar refractivity (Wildman–Crippen MR) is 81.4 cm³/mol. The minimum Gasteiger partial charge on any atom is -0.481 e. The van der Waals surface area contributed by atoms with E-state index in [0.29, 0.717) is 12.5 Å².